The molecule has 0 atom stereocenters. The van der Waals surface area contributed by atoms with Crippen LogP contribution in [-0.2, 0) is 9.59 Å². The lowest BCUT2D eigenvalue weighted by Crippen LogP contribution is -2.50. The molecular weight excluding hydrogens is 426 g/mol. The van der Waals surface area contributed by atoms with Crippen LogP contribution in [0.5, 0.6) is 0 Å². The van der Waals surface area contributed by atoms with E-state index >= 15 is 0 Å². The summed E-state index contributed by atoms with van der Waals surface area (Å²) in [6, 6.07) is 10.7. The summed E-state index contributed by atoms with van der Waals surface area (Å²) in [6.07, 6.45) is 4.11. The van der Waals surface area contributed by atoms with Crippen LogP contribution in [0, 0.1) is 39.0 Å². The molecule has 7 heteroatoms. The number of nitrogens with one attached hydrogen (secondary N) is 1. The molecule has 178 valence electrons. The predicted octanol–water partition coefficient (Wildman–Crippen LogP) is 3.75. The number of piperazine rings is 1. The summed E-state index contributed by atoms with van der Waals surface area (Å²) in [4.78, 5) is 29.4. The summed E-state index contributed by atoms with van der Waals surface area (Å²) in [5.74, 6) is -0.292. The Morgan fingerprint density at radius 2 is 1.74 bits per heavy atom. The molecule has 1 N–H and O–H groups in total. The molecule has 0 bridgehead atoms. The molecule has 1 saturated carbocycles. The molecule has 0 radical (unpaired) electrons. The average Bonchev–Trinajstić information content (AvgIpc) is 3.60. The average molecular weight is 460 g/mol. The lowest BCUT2D eigenvalue weighted by molar-refractivity contribution is -0.128. The highest BCUT2D eigenvalue weighted by Crippen LogP contribution is 2.38. The van der Waals surface area contributed by atoms with E-state index < -0.39 is 0 Å². The largest absolute Gasteiger partial charge is 0.346 e. The van der Waals surface area contributed by atoms with E-state index in [0.717, 1.165) is 28.1 Å². The minimum atomic E-state index is -0.238. The zero-order valence-corrected chi connectivity index (χ0v) is 20.5. The number of hydrogen-bond acceptors (Lipinski definition) is 4. The highest BCUT2D eigenvalue weighted by molar-refractivity contribution is 6.02. The van der Waals surface area contributed by atoms with Gasteiger partial charge >= 0.3 is 0 Å². The van der Waals surface area contributed by atoms with Gasteiger partial charge in [0.05, 0.1) is 6.54 Å². The second-order valence-corrected chi connectivity index (χ2v) is 9.48. The van der Waals surface area contributed by atoms with Crippen LogP contribution in [0.15, 0.2) is 29.8 Å². The van der Waals surface area contributed by atoms with E-state index in [-0.39, 0.29) is 23.9 Å². The SMILES string of the molecule is Cc1cccc(C)c1NC(=O)CN1CCN(C(=O)/C(C#N)=C/c2cc(C)n(C3CC3)c2C)CC1. The van der Waals surface area contributed by atoms with E-state index in [1.54, 1.807) is 11.0 Å². The van der Waals surface area contributed by atoms with Gasteiger partial charge in [0.1, 0.15) is 11.6 Å². The van der Waals surface area contributed by atoms with Crippen LogP contribution >= 0.6 is 0 Å². The fourth-order valence-electron chi connectivity index (χ4n) is 4.81. The molecule has 2 amide bonds. The van der Waals surface area contributed by atoms with Crippen molar-refractivity contribution >= 4 is 23.6 Å². The van der Waals surface area contributed by atoms with Crippen molar-refractivity contribution in [2.24, 2.45) is 0 Å². The first-order valence-electron chi connectivity index (χ1n) is 12.0. The number of nitriles is 1. The van der Waals surface area contributed by atoms with Crippen LogP contribution in [-0.4, -0.2) is 58.9 Å². The fraction of sp³-hybridized carbons (Fsp3) is 0.444. The lowest BCUT2D eigenvalue weighted by atomic mass is 10.1. The number of amides is 2. The van der Waals surface area contributed by atoms with Gasteiger partial charge in [-0.1, -0.05) is 18.2 Å². The number of hydrogen-bond donors (Lipinski definition) is 1. The van der Waals surface area contributed by atoms with Crippen molar-refractivity contribution in [3.05, 3.63) is 57.9 Å². The Morgan fingerprint density at radius 1 is 1.09 bits per heavy atom. The standard InChI is InChI=1S/C27H33N5O2/c1-18-6-5-7-19(2)26(18)29-25(33)17-30-10-12-31(13-11-30)27(34)23(16-28)15-22-14-20(3)32(21(22)4)24-8-9-24/h5-7,14-15,24H,8-13,17H2,1-4H3,(H,29,33)/b23-15+. The van der Waals surface area contributed by atoms with Crippen molar-refractivity contribution in [2.45, 2.75) is 46.6 Å². The van der Waals surface area contributed by atoms with Crippen molar-refractivity contribution in [2.75, 3.05) is 38.0 Å². The number of aromatic nitrogens is 1. The number of benzene rings is 1. The quantitative estimate of drug-likeness (QED) is 0.527. The van der Waals surface area contributed by atoms with Gasteiger partial charge in [-0.25, -0.2) is 0 Å². The Kier molecular flexibility index (Phi) is 6.90. The fourth-order valence-corrected chi connectivity index (χ4v) is 4.81. The van der Waals surface area contributed by atoms with Gasteiger partial charge in [-0.15, -0.1) is 0 Å². The maximum Gasteiger partial charge on any atom is 0.264 e. The highest BCUT2D eigenvalue weighted by atomic mass is 16.2. The van der Waals surface area contributed by atoms with Crippen LogP contribution in [0.3, 0.4) is 0 Å². The van der Waals surface area contributed by atoms with E-state index in [9.17, 15) is 14.9 Å². The minimum absolute atomic E-state index is 0.0548. The van der Waals surface area contributed by atoms with E-state index in [2.05, 4.69) is 35.9 Å². The second-order valence-electron chi connectivity index (χ2n) is 9.48. The molecule has 2 aromatic rings. The Bertz CT molecular complexity index is 1150. The highest BCUT2D eigenvalue weighted by Gasteiger charge is 2.28. The summed E-state index contributed by atoms with van der Waals surface area (Å²) in [6.45, 7) is 10.6. The summed E-state index contributed by atoms with van der Waals surface area (Å²) >= 11 is 0. The van der Waals surface area contributed by atoms with Gasteiger partial charge in [0, 0.05) is 49.3 Å². The van der Waals surface area contributed by atoms with Crippen LogP contribution in [0.25, 0.3) is 6.08 Å². The van der Waals surface area contributed by atoms with Gasteiger partial charge in [0.2, 0.25) is 5.91 Å². The molecular formula is C27H33N5O2. The molecule has 2 aliphatic rings. The van der Waals surface area contributed by atoms with Crippen LogP contribution < -0.4 is 5.32 Å². The molecule has 1 aromatic heterocycles. The summed E-state index contributed by atoms with van der Waals surface area (Å²) < 4.78 is 2.31. The maximum absolute atomic E-state index is 13.1. The van der Waals surface area contributed by atoms with Crippen LogP contribution in [0.4, 0.5) is 5.69 Å². The molecule has 2 fully saturated rings. The maximum atomic E-state index is 13.1. The van der Waals surface area contributed by atoms with E-state index in [1.807, 2.05) is 36.9 Å². The molecule has 7 nitrogen and oxygen atoms in total. The normalized spacial score (nSPS) is 16.9. The van der Waals surface area contributed by atoms with Gasteiger partial charge in [-0.05, 0) is 69.4 Å². The molecule has 1 aliphatic carbocycles. The van der Waals surface area contributed by atoms with Crippen LogP contribution in [0.2, 0.25) is 0 Å². The molecule has 34 heavy (non-hydrogen) atoms. The van der Waals surface area contributed by atoms with Gasteiger partial charge in [0.15, 0.2) is 0 Å². The molecule has 0 unspecified atom stereocenters. The monoisotopic (exact) mass is 459 g/mol. The summed E-state index contributed by atoms with van der Waals surface area (Å²) in [5, 5.41) is 12.7. The van der Waals surface area contributed by atoms with E-state index in [0.29, 0.717) is 32.2 Å². The molecule has 1 saturated heterocycles. The third-order valence-corrected chi connectivity index (χ3v) is 6.86. The number of carbonyl (C=O) groups is 2. The first kappa shape index (κ1) is 23.8. The number of rotatable bonds is 6. The molecule has 1 aromatic carbocycles. The third kappa shape index (κ3) is 5.07. The Morgan fingerprint density at radius 3 is 2.32 bits per heavy atom. The molecule has 1 aliphatic heterocycles. The van der Waals surface area contributed by atoms with Gasteiger partial charge in [-0.3, -0.25) is 14.5 Å². The first-order valence-corrected chi connectivity index (χ1v) is 12.0. The topological polar surface area (TPSA) is 81.4 Å². The zero-order chi connectivity index (χ0) is 24.4. The number of carbonyl (C=O) groups excluding carboxylic acids is 2. The third-order valence-electron chi connectivity index (χ3n) is 6.86. The minimum Gasteiger partial charge on any atom is -0.346 e. The summed E-state index contributed by atoms with van der Waals surface area (Å²) in [7, 11) is 0. The van der Waals surface area contributed by atoms with E-state index in [4.69, 9.17) is 0 Å². The van der Waals surface area contributed by atoms with Gasteiger partial charge < -0.3 is 14.8 Å². The van der Waals surface area contributed by atoms with Crippen molar-refractivity contribution in [1.29, 1.82) is 5.26 Å². The van der Waals surface area contributed by atoms with E-state index in [1.165, 1.54) is 18.5 Å². The smallest absolute Gasteiger partial charge is 0.264 e. The number of aryl methyl sites for hydroxylation is 3. The van der Waals surface area contributed by atoms with Gasteiger partial charge in [0.25, 0.3) is 5.91 Å². The number of para-hydroxylation sites is 1. The lowest BCUT2D eigenvalue weighted by Gasteiger charge is -2.34. The molecule has 4 rings (SSSR count). The predicted molar refractivity (Wildman–Crippen MR) is 133 cm³/mol. The summed E-state index contributed by atoms with van der Waals surface area (Å²) in [5.41, 5.74) is 6.33. The number of nitrogens with zero attached hydrogens (tertiary/aromatic N) is 4. The van der Waals surface area contributed by atoms with Crippen molar-refractivity contribution in [1.82, 2.24) is 14.4 Å². The molecule has 0 spiro atoms. The van der Waals surface area contributed by atoms with Gasteiger partial charge in [-0.2, -0.15) is 5.26 Å². The van der Waals surface area contributed by atoms with Crippen LogP contribution in [0.1, 0.15) is 47.0 Å². The Balaban J connectivity index is 1.35. The second kappa shape index (κ2) is 9.86. The first-order chi connectivity index (χ1) is 16.3. The van der Waals surface area contributed by atoms with Crippen molar-refractivity contribution < 1.29 is 9.59 Å². The Hall–Kier alpha value is -3.37. The van der Waals surface area contributed by atoms with Crippen molar-refractivity contribution in [3.63, 3.8) is 0 Å². The molecule has 2 heterocycles. The number of anilines is 1. The Labute approximate surface area is 201 Å². The zero-order valence-electron chi connectivity index (χ0n) is 20.5. The van der Waals surface area contributed by atoms with Crippen molar-refractivity contribution in [3.8, 4) is 6.07 Å².